The third-order valence-corrected chi connectivity index (χ3v) is 8.53. The minimum Gasteiger partial charge on any atom is -0.353 e. The number of thioether (sulfide) groups is 1. The van der Waals surface area contributed by atoms with Gasteiger partial charge in [-0.15, -0.1) is 0 Å². The minimum atomic E-state index is -0.853. The summed E-state index contributed by atoms with van der Waals surface area (Å²) in [7, 11) is 1.97. The van der Waals surface area contributed by atoms with Crippen LogP contribution in [0.25, 0.3) is 0 Å². The standard InChI is InChI=1S/C23H23N3O3S2/c1-23(2)21(31-22(30)24(23)3)26-17(14-10-6-4-7-11-14)16-18(29-26)20(28)25(19(16)27)15-12-8-5-9-13-15/h4-13,16-18,21H,1-3H3/t16-,17+,18+,21-/m1/s1. The zero-order valence-electron chi connectivity index (χ0n) is 17.5. The van der Waals surface area contributed by atoms with Gasteiger partial charge in [-0.05, 0) is 31.5 Å². The average molecular weight is 454 g/mol. The summed E-state index contributed by atoms with van der Waals surface area (Å²) in [6.45, 7) is 4.20. The second-order valence-electron chi connectivity index (χ2n) is 8.56. The highest BCUT2D eigenvalue weighted by Crippen LogP contribution is 2.52. The number of anilines is 1. The van der Waals surface area contributed by atoms with Gasteiger partial charge in [-0.25, -0.2) is 4.90 Å². The summed E-state index contributed by atoms with van der Waals surface area (Å²) in [5, 5.41) is 1.69. The second kappa shape index (κ2) is 7.41. The maximum absolute atomic E-state index is 13.6. The van der Waals surface area contributed by atoms with E-state index in [0.717, 1.165) is 9.88 Å². The van der Waals surface area contributed by atoms with Crippen LogP contribution in [0.5, 0.6) is 0 Å². The van der Waals surface area contributed by atoms with Crippen molar-refractivity contribution in [3.05, 3.63) is 66.2 Å². The number of imide groups is 1. The highest BCUT2D eigenvalue weighted by atomic mass is 32.2. The Morgan fingerprint density at radius 2 is 1.58 bits per heavy atom. The number of thiocarbonyl (C=S) groups is 1. The van der Waals surface area contributed by atoms with E-state index in [1.54, 1.807) is 12.1 Å². The second-order valence-corrected chi connectivity index (χ2v) is 10.3. The molecular formula is C23H23N3O3S2. The molecule has 0 spiro atoms. The van der Waals surface area contributed by atoms with Gasteiger partial charge in [0, 0.05) is 7.05 Å². The van der Waals surface area contributed by atoms with Crippen LogP contribution in [0.3, 0.4) is 0 Å². The number of hydrogen-bond donors (Lipinski definition) is 0. The summed E-state index contributed by atoms with van der Waals surface area (Å²) in [6.07, 6.45) is -0.853. The van der Waals surface area contributed by atoms with Crippen LogP contribution in [0.1, 0.15) is 25.5 Å². The normalized spacial score (nSPS) is 30.4. The number of rotatable bonds is 3. The summed E-state index contributed by atoms with van der Waals surface area (Å²) in [4.78, 5) is 36.6. The molecule has 2 amide bonds. The molecule has 0 aliphatic carbocycles. The van der Waals surface area contributed by atoms with E-state index in [4.69, 9.17) is 17.1 Å². The first-order valence-corrected chi connectivity index (χ1v) is 11.5. The first-order valence-electron chi connectivity index (χ1n) is 10.2. The molecule has 0 radical (unpaired) electrons. The topological polar surface area (TPSA) is 53.1 Å². The Labute approximate surface area is 191 Å². The Bertz CT molecular complexity index is 1050. The Kier molecular flexibility index (Phi) is 4.93. The highest BCUT2D eigenvalue weighted by Gasteiger charge is 2.63. The van der Waals surface area contributed by atoms with Gasteiger partial charge in [0.2, 0.25) is 5.91 Å². The van der Waals surface area contributed by atoms with E-state index >= 15 is 0 Å². The van der Waals surface area contributed by atoms with E-state index < -0.39 is 12.0 Å². The van der Waals surface area contributed by atoms with Crippen molar-refractivity contribution in [1.29, 1.82) is 0 Å². The predicted octanol–water partition coefficient (Wildman–Crippen LogP) is 3.60. The number of hydrogen-bond acceptors (Lipinski definition) is 6. The van der Waals surface area contributed by atoms with Crippen LogP contribution in [0.15, 0.2) is 60.7 Å². The summed E-state index contributed by atoms with van der Waals surface area (Å²) in [5.41, 5.74) is 1.19. The molecule has 8 heteroatoms. The molecule has 31 heavy (non-hydrogen) atoms. The molecule has 0 N–H and O–H groups in total. The maximum Gasteiger partial charge on any atom is 0.265 e. The molecule has 2 aromatic rings. The molecule has 4 atom stereocenters. The number of amides is 2. The van der Waals surface area contributed by atoms with Gasteiger partial charge in [0.05, 0.1) is 23.2 Å². The van der Waals surface area contributed by atoms with Crippen molar-refractivity contribution < 1.29 is 14.4 Å². The van der Waals surface area contributed by atoms with Gasteiger partial charge in [-0.1, -0.05) is 72.5 Å². The Balaban J connectivity index is 1.57. The Hall–Kier alpha value is -2.26. The smallest absolute Gasteiger partial charge is 0.265 e. The molecule has 3 aliphatic heterocycles. The van der Waals surface area contributed by atoms with Crippen LogP contribution >= 0.6 is 24.0 Å². The summed E-state index contributed by atoms with van der Waals surface area (Å²) in [5.74, 6) is -1.17. The van der Waals surface area contributed by atoms with Gasteiger partial charge in [0.1, 0.15) is 9.69 Å². The first-order chi connectivity index (χ1) is 14.8. The van der Waals surface area contributed by atoms with Crippen molar-refractivity contribution in [1.82, 2.24) is 9.96 Å². The van der Waals surface area contributed by atoms with E-state index in [-0.39, 0.29) is 28.8 Å². The SMILES string of the molecule is CN1C(=S)S[C@@H](N2O[C@@H]3C(=O)N(c4ccccc4)C(=O)[C@@H]3[C@@H]2c2ccccc2)C1(C)C. The van der Waals surface area contributed by atoms with Gasteiger partial charge in [0.15, 0.2) is 6.10 Å². The van der Waals surface area contributed by atoms with Crippen LogP contribution < -0.4 is 4.90 Å². The lowest BCUT2D eigenvalue weighted by Crippen LogP contribution is -2.51. The molecule has 0 unspecified atom stereocenters. The molecule has 0 bridgehead atoms. The number of fused-ring (bicyclic) bond motifs is 1. The average Bonchev–Trinajstić information content (AvgIpc) is 3.34. The Morgan fingerprint density at radius 1 is 0.968 bits per heavy atom. The molecule has 5 rings (SSSR count). The zero-order valence-corrected chi connectivity index (χ0v) is 19.1. The third-order valence-electron chi connectivity index (χ3n) is 6.49. The van der Waals surface area contributed by atoms with Crippen LogP contribution in [0.4, 0.5) is 5.69 Å². The fraction of sp³-hybridized carbons (Fsp3) is 0.348. The number of benzene rings is 2. The number of carbonyl (C=O) groups excluding carboxylic acids is 2. The van der Waals surface area contributed by atoms with Crippen LogP contribution in [-0.4, -0.2) is 50.2 Å². The van der Waals surface area contributed by atoms with E-state index in [9.17, 15) is 9.59 Å². The van der Waals surface area contributed by atoms with Crippen LogP contribution in [-0.2, 0) is 14.4 Å². The summed E-state index contributed by atoms with van der Waals surface area (Å²) in [6, 6.07) is 18.5. The van der Waals surface area contributed by atoms with Crippen molar-refractivity contribution in [3.8, 4) is 0 Å². The number of hydroxylamine groups is 2. The van der Waals surface area contributed by atoms with Crippen molar-refractivity contribution in [2.75, 3.05) is 11.9 Å². The molecule has 2 aromatic carbocycles. The molecule has 0 aromatic heterocycles. The zero-order chi connectivity index (χ0) is 21.9. The third kappa shape index (κ3) is 3.04. The van der Waals surface area contributed by atoms with Crippen molar-refractivity contribution in [3.63, 3.8) is 0 Å². The lowest BCUT2D eigenvalue weighted by molar-refractivity contribution is -0.188. The van der Waals surface area contributed by atoms with Crippen LogP contribution in [0.2, 0.25) is 0 Å². The van der Waals surface area contributed by atoms with Crippen molar-refractivity contribution in [2.24, 2.45) is 5.92 Å². The van der Waals surface area contributed by atoms with E-state index in [1.807, 2.05) is 60.6 Å². The van der Waals surface area contributed by atoms with Gasteiger partial charge in [-0.3, -0.25) is 14.4 Å². The van der Waals surface area contributed by atoms with E-state index in [0.29, 0.717) is 5.69 Å². The molecule has 3 aliphatic rings. The van der Waals surface area contributed by atoms with E-state index in [1.165, 1.54) is 16.7 Å². The Morgan fingerprint density at radius 3 is 2.16 bits per heavy atom. The number of likely N-dealkylation sites (N-methyl/N-ethyl adjacent to an activating group) is 1. The largest absolute Gasteiger partial charge is 0.353 e. The fourth-order valence-corrected chi connectivity index (χ4v) is 6.38. The fourth-order valence-electron chi connectivity index (χ4n) is 4.55. The lowest BCUT2D eigenvalue weighted by atomic mass is 9.90. The van der Waals surface area contributed by atoms with Gasteiger partial charge in [0.25, 0.3) is 5.91 Å². The molecule has 3 saturated heterocycles. The van der Waals surface area contributed by atoms with Crippen molar-refractivity contribution in [2.45, 2.75) is 36.9 Å². The minimum absolute atomic E-state index is 0.161. The molecule has 3 fully saturated rings. The van der Waals surface area contributed by atoms with Gasteiger partial charge in [-0.2, -0.15) is 5.06 Å². The maximum atomic E-state index is 13.6. The highest BCUT2D eigenvalue weighted by molar-refractivity contribution is 8.23. The monoisotopic (exact) mass is 453 g/mol. The summed E-state index contributed by atoms with van der Waals surface area (Å²) < 4.78 is 0.769. The van der Waals surface area contributed by atoms with E-state index in [2.05, 4.69) is 18.7 Å². The molecule has 0 saturated carbocycles. The molecule has 6 nitrogen and oxygen atoms in total. The summed E-state index contributed by atoms with van der Waals surface area (Å²) >= 11 is 7.09. The predicted molar refractivity (Wildman–Crippen MR) is 124 cm³/mol. The molecule has 3 heterocycles. The molecular weight excluding hydrogens is 430 g/mol. The number of carbonyl (C=O) groups is 2. The molecule has 160 valence electrons. The van der Waals surface area contributed by atoms with Crippen LogP contribution in [0, 0.1) is 5.92 Å². The lowest BCUT2D eigenvalue weighted by Gasteiger charge is -2.39. The quantitative estimate of drug-likeness (QED) is 0.520. The number of para-hydroxylation sites is 1. The van der Waals surface area contributed by atoms with Gasteiger partial charge < -0.3 is 4.90 Å². The van der Waals surface area contributed by atoms with Crippen molar-refractivity contribution >= 4 is 45.8 Å². The number of nitrogens with zero attached hydrogens (tertiary/aromatic N) is 3. The first kappa shape index (κ1) is 20.6. The van der Waals surface area contributed by atoms with Gasteiger partial charge >= 0.3 is 0 Å².